The van der Waals surface area contributed by atoms with E-state index in [9.17, 15) is 45.9 Å². The summed E-state index contributed by atoms with van der Waals surface area (Å²) in [6.45, 7) is 3.04. The topological polar surface area (TPSA) is 200 Å². The van der Waals surface area contributed by atoms with Crippen molar-refractivity contribution in [2.45, 2.75) is 61.2 Å². The summed E-state index contributed by atoms with van der Waals surface area (Å²) in [6.07, 6.45) is -3.62. The van der Waals surface area contributed by atoms with Gasteiger partial charge in [-0.2, -0.15) is 17.9 Å². The summed E-state index contributed by atoms with van der Waals surface area (Å²) in [4.78, 5) is 48.8. The van der Waals surface area contributed by atoms with Crippen LogP contribution in [0.25, 0.3) is 11.1 Å². The van der Waals surface area contributed by atoms with Crippen LogP contribution in [-0.4, -0.2) is 78.7 Å². The summed E-state index contributed by atoms with van der Waals surface area (Å²) in [5.74, 6) is -3.15. The molecule has 0 bridgehead atoms. The van der Waals surface area contributed by atoms with Crippen molar-refractivity contribution in [3.05, 3.63) is 150 Å². The molecular weight excluding hydrogens is 844 g/mol. The van der Waals surface area contributed by atoms with E-state index in [1.54, 1.807) is 31.2 Å². The number of nitrogens with one attached hydrogen (secondary N) is 2. The Balaban J connectivity index is 0.000000300. The number of piperidine rings is 1. The van der Waals surface area contributed by atoms with Gasteiger partial charge < -0.3 is 25.4 Å². The molecule has 5 N–H and O–H groups in total. The largest absolute Gasteiger partial charge is 0.497 e. The van der Waals surface area contributed by atoms with Gasteiger partial charge in [0.05, 0.1) is 17.6 Å². The third-order valence-electron chi connectivity index (χ3n) is 10.8. The third kappa shape index (κ3) is 12.1. The number of amides is 1. The third-order valence-corrected chi connectivity index (χ3v) is 12.3. The second kappa shape index (κ2) is 20.5. The molecule has 2 atom stereocenters. The Labute approximate surface area is 362 Å². The van der Waals surface area contributed by atoms with E-state index in [0.29, 0.717) is 41.2 Å². The number of carbonyl (C=O) groups is 4. The quantitative estimate of drug-likeness (QED) is 0.0681. The highest BCUT2D eigenvalue weighted by Gasteiger charge is 2.43. The Morgan fingerprint density at radius 1 is 0.778 bits per heavy atom. The molecule has 0 aliphatic carbocycles. The normalized spacial score (nSPS) is 14.9. The van der Waals surface area contributed by atoms with Crippen LogP contribution in [0.5, 0.6) is 5.75 Å². The minimum Gasteiger partial charge on any atom is -0.497 e. The maximum Gasteiger partial charge on any atom is 0.416 e. The number of carbonyl (C=O) groups excluding carboxylic acids is 1. The zero-order valence-corrected chi connectivity index (χ0v) is 35.0. The molecule has 1 heterocycles. The van der Waals surface area contributed by atoms with Crippen molar-refractivity contribution in [2.24, 2.45) is 0 Å². The molecule has 63 heavy (non-hydrogen) atoms. The second-order valence-corrected chi connectivity index (χ2v) is 16.5. The number of sulfonamides is 1. The highest BCUT2D eigenvalue weighted by molar-refractivity contribution is 7.89. The Morgan fingerprint density at radius 3 is 1.90 bits per heavy atom. The van der Waals surface area contributed by atoms with Gasteiger partial charge in [-0.1, -0.05) is 72.8 Å². The number of alkyl halides is 3. The lowest BCUT2D eigenvalue weighted by Gasteiger charge is -2.42. The van der Waals surface area contributed by atoms with Crippen molar-refractivity contribution in [1.29, 1.82) is 0 Å². The van der Waals surface area contributed by atoms with Crippen molar-refractivity contribution in [3.8, 4) is 16.9 Å². The van der Waals surface area contributed by atoms with E-state index in [1.807, 2.05) is 64.2 Å². The van der Waals surface area contributed by atoms with Gasteiger partial charge in [-0.3, -0.25) is 19.3 Å². The molecule has 0 unspecified atom stereocenters. The van der Waals surface area contributed by atoms with Crippen molar-refractivity contribution < 1.29 is 60.8 Å². The first-order valence-corrected chi connectivity index (χ1v) is 21.1. The number of likely N-dealkylation sites (tertiary alicyclic amines) is 1. The number of nitrogens with zero attached hydrogens (tertiary/aromatic N) is 1. The molecule has 13 nitrogen and oxygen atoms in total. The van der Waals surface area contributed by atoms with Crippen molar-refractivity contribution >= 4 is 39.5 Å². The van der Waals surface area contributed by atoms with Crippen LogP contribution in [0, 0.1) is 0 Å². The van der Waals surface area contributed by atoms with Crippen LogP contribution in [-0.2, 0) is 36.1 Å². The SMILES string of the molecule is COc1ccc(S(=O)(=O)N[C@@H](CCC(=O)O)C(=O)O)cc1.C[C@@](C(=O)O)(c1ccccc1)N1CCC(c2ccc(NC(=O)c3ccccc3-c3ccc(C(F)(F)F)cc3)cc2)CC1. The van der Waals surface area contributed by atoms with Gasteiger partial charge in [-0.05, 0) is 109 Å². The van der Waals surface area contributed by atoms with Gasteiger partial charge in [-0.25, -0.2) is 13.2 Å². The fourth-order valence-electron chi connectivity index (χ4n) is 7.18. The summed E-state index contributed by atoms with van der Waals surface area (Å²) in [5.41, 5.74) is 2.05. The number of anilines is 1. The molecule has 332 valence electrons. The molecule has 1 aliphatic heterocycles. The van der Waals surface area contributed by atoms with Gasteiger partial charge >= 0.3 is 24.1 Å². The number of aliphatic carboxylic acids is 3. The van der Waals surface area contributed by atoms with E-state index in [-0.39, 0.29) is 23.1 Å². The zero-order valence-electron chi connectivity index (χ0n) is 34.2. The van der Waals surface area contributed by atoms with Crippen LogP contribution in [0.3, 0.4) is 0 Å². The summed E-state index contributed by atoms with van der Waals surface area (Å²) in [5, 5.41) is 30.5. The van der Waals surface area contributed by atoms with E-state index in [2.05, 4.69) is 5.32 Å². The van der Waals surface area contributed by atoms with E-state index >= 15 is 0 Å². The predicted molar refractivity (Wildman–Crippen MR) is 228 cm³/mol. The number of hydrogen-bond acceptors (Lipinski definition) is 8. The maximum absolute atomic E-state index is 13.2. The minimum atomic E-state index is -4.43. The number of carboxylic acids is 3. The molecule has 1 fully saturated rings. The standard InChI is InChI=1S/C34H31F3N2O3.C12H15NO7S/c1-33(32(41)42,26-7-3-2-4-8-26)39-21-19-24(20-22-39)23-13-17-28(18-14-23)38-31(40)30-10-6-5-9-29(30)25-11-15-27(16-12-25)34(35,36)37;1-20-8-2-4-9(5-3-8)21(18,19)13-10(12(16)17)6-7-11(14)15/h2-18,24H,19-22H2,1H3,(H,38,40)(H,41,42);2-5,10,13H,6-7H2,1H3,(H,14,15)(H,16,17)/t33-;10-/m00/s1. The number of benzene rings is 5. The van der Waals surface area contributed by atoms with Gasteiger partial charge in [0.25, 0.3) is 5.91 Å². The number of methoxy groups -OCH3 is 1. The Hall–Kier alpha value is -6.56. The fourth-order valence-corrected chi connectivity index (χ4v) is 8.41. The summed E-state index contributed by atoms with van der Waals surface area (Å²) < 4.78 is 69.9. The minimum absolute atomic E-state index is 0.134. The van der Waals surface area contributed by atoms with Gasteiger partial charge in [0, 0.05) is 30.8 Å². The molecule has 0 spiro atoms. The van der Waals surface area contributed by atoms with E-state index in [1.165, 1.54) is 43.5 Å². The molecular formula is C46H46F3N3O10S. The zero-order chi connectivity index (χ0) is 46.0. The second-order valence-electron chi connectivity index (χ2n) is 14.8. The smallest absolute Gasteiger partial charge is 0.416 e. The molecule has 1 saturated heterocycles. The Bertz CT molecular complexity index is 2480. The lowest BCUT2D eigenvalue weighted by Crippen LogP contribution is -2.52. The molecule has 5 aromatic carbocycles. The molecule has 17 heteroatoms. The summed E-state index contributed by atoms with van der Waals surface area (Å²) >= 11 is 0. The Kier molecular flexibility index (Phi) is 15.5. The lowest BCUT2D eigenvalue weighted by molar-refractivity contribution is -0.152. The molecule has 0 saturated carbocycles. The number of ether oxygens (including phenoxy) is 1. The molecule has 0 radical (unpaired) electrons. The first-order chi connectivity index (χ1) is 29.8. The van der Waals surface area contributed by atoms with Gasteiger partial charge in [0.2, 0.25) is 10.0 Å². The first kappa shape index (κ1) is 47.5. The number of hydrogen-bond donors (Lipinski definition) is 5. The van der Waals surface area contributed by atoms with Crippen LogP contribution < -0.4 is 14.8 Å². The summed E-state index contributed by atoms with van der Waals surface area (Å²) in [7, 11) is -2.63. The number of rotatable bonds is 15. The van der Waals surface area contributed by atoms with Crippen molar-refractivity contribution in [3.63, 3.8) is 0 Å². The molecule has 1 amide bonds. The van der Waals surface area contributed by atoms with Crippen LogP contribution in [0.4, 0.5) is 18.9 Å². The van der Waals surface area contributed by atoms with Crippen LogP contribution in [0.15, 0.2) is 132 Å². The van der Waals surface area contributed by atoms with Crippen LogP contribution in [0.1, 0.15) is 65.6 Å². The number of halogens is 3. The van der Waals surface area contributed by atoms with E-state index < -0.39 is 57.7 Å². The van der Waals surface area contributed by atoms with Crippen molar-refractivity contribution in [2.75, 3.05) is 25.5 Å². The van der Waals surface area contributed by atoms with Crippen LogP contribution in [0.2, 0.25) is 0 Å². The molecule has 6 rings (SSSR count). The lowest BCUT2D eigenvalue weighted by atomic mass is 9.84. The first-order valence-electron chi connectivity index (χ1n) is 19.7. The monoisotopic (exact) mass is 889 g/mol. The van der Waals surface area contributed by atoms with Gasteiger partial charge in [0.15, 0.2) is 0 Å². The number of carboxylic acid groups (broad SMARTS) is 3. The maximum atomic E-state index is 13.2. The van der Waals surface area contributed by atoms with Crippen LogP contribution >= 0.6 is 0 Å². The average molecular weight is 890 g/mol. The highest BCUT2D eigenvalue weighted by Crippen LogP contribution is 2.37. The van der Waals surface area contributed by atoms with E-state index in [0.717, 1.165) is 36.1 Å². The van der Waals surface area contributed by atoms with E-state index in [4.69, 9.17) is 14.9 Å². The van der Waals surface area contributed by atoms with Crippen molar-refractivity contribution in [1.82, 2.24) is 9.62 Å². The van der Waals surface area contributed by atoms with Gasteiger partial charge in [-0.15, -0.1) is 0 Å². The van der Waals surface area contributed by atoms with Gasteiger partial charge in [0.1, 0.15) is 17.3 Å². The molecule has 0 aromatic heterocycles. The molecule has 5 aromatic rings. The average Bonchev–Trinajstić information content (AvgIpc) is 3.28. The predicted octanol–water partition coefficient (Wildman–Crippen LogP) is 8.10. The fraction of sp³-hybridized carbons (Fsp3) is 0.261. The molecule has 1 aliphatic rings. The Morgan fingerprint density at radius 2 is 1.37 bits per heavy atom. The summed E-state index contributed by atoms with van der Waals surface area (Å²) in [6, 6.07) is 32.4. The highest BCUT2D eigenvalue weighted by atomic mass is 32.2.